The van der Waals surface area contributed by atoms with E-state index in [2.05, 4.69) is 49.4 Å². The van der Waals surface area contributed by atoms with E-state index in [1.54, 1.807) is 6.08 Å². The molecule has 126 valence electrons. The molecule has 2 aromatic rings. The van der Waals surface area contributed by atoms with Crippen molar-refractivity contribution in [2.75, 3.05) is 5.32 Å². The first kappa shape index (κ1) is 17.0. The summed E-state index contributed by atoms with van der Waals surface area (Å²) < 4.78 is 0. The summed E-state index contributed by atoms with van der Waals surface area (Å²) in [6.45, 7) is 4.15. The second-order valence-corrected chi connectivity index (χ2v) is 6.72. The Morgan fingerprint density at radius 3 is 2.68 bits per heavy atom. The minimum atomic E-state index is -0.185. The highest BCUT2D eigenvalue weighted by Gasteiger charge is 2.27. The Kier molecular flexibility index (Phi) is 5.05. The molecule has 0 saturated heterocycles. The molecule has 2 aromatic carbocycles. The van der Waals surface area contributed by atoms with Crippen LogP contribution < -0.4 is 5.32 Å². The molecule has 2 heteroatoms. The van der Waals surface area contributed by atoms with Crippen LogP contribution in [0.1, 0.15) is 41.1 Å². The monoisotopic (exact) mass is 329 g/mol. The van der Waals surface area contributed by atoms with Crippen molar-refractivity contribution in [3.8, 4) is 12.3 Å². The van der Waals surface area contributed by atoms with Crippen LogP contribution in [0.5, 0.6) is 0 Å². The first-order valence-corrected chi connectivity index (χ1v) is 8.68. The highest BCUT2D eigenvalue weighted by atomic mass is 16.1. The highest BCUT2D eigenvalue weighted by molar-refractivity contribution is 5.85. The fourth-order valence-electron chi connectivity index (χ4n) is 3.17. The predicted octanol–water partition coefficient (Wildman–Crippen LogP) is 5.08. The molecular weight excluding hydrogens is 306 g/mol. The van der Waals surface area contributed by atoms with Crippen molar-refractivity contribution in [3.63, 3.8) is 0 Å². The lowest BCUT2D eigenvalue weighted by molar-refractivity contribution is -0.104. The summed E-state index contributed by atoms with van der Waals surface area (Å²) in [6, 6.07) is 14.3. The van der Waals surface area contributed by atoms with Gasteiger partial charge in [0.25, 0.3) is 0 Å². The Morgan fingerprint density at radius 1 is 1.24 bits per heavy atom. The van der Waals surface area contributed by atoms with Crippen LogP contribution in [0, 0.1) is 32.1 Å². The number of hydrogen-bond donors (Lipinski definition) is 1. The molecule has 0 radical (unpaired) electrons. The lowest BCUT2D eigenvalue weighted by Crippen LogP contribution is -2.09. The van der Waals surface area contributed by atoms with Crippen molar-refractivity contribution in [1.82, 2.24) is 0 Å². The van der Waals surface area contributed by atoms with Crippen molar-refractivity contribution in [3.05, 3.63) is 70.8 Å². The Morgan fingerprint density at radius 2 is 2.04 bits per heavy atom. The summed E-state index contributed by atoms with van der Waals surface area (Å²) in [5.41, 5.74) is 6.70. The molecule has 1 aliphatic carbocycles. The zero-order chi connectivity index (χ0) is 17.8. The molecule has 0 aliphatic heterocycles. The quantitative estimate of drug-likeness (QED) is 0.455. The van der Waals surface area contributed by atoms with Crippen molar-refractivity contribution < 1.29 is 4.79 Å². The number of rotatable bonds is 6. The first-order chi connectivity index (χ1) is 12.1. The molecular formula is C23H23NO. The van der Waals surface area contributed by atoms with Gasteiger partial charge in [0.2, 0.25) is 0 Å². The van der Waals surface area contributed by atoms with Crippen molar-refractivity contribution in [2.24, 2.45) is 5.92 Å². The van der Waals surface area contributed by atoms with Crippen LogP contribution in [0.3, 0.4) is 0 Å². The van der Waals surface area contributed by atoms with E-state index in [-0.39, 0.29) is 6.04 Å². The summed E-state index contributed by atoms with van der Waals surface area (Å²) in [5, 5.41) is 3.44. The molecule has 25 heavy (non-hydrogen) atoms. The summed E-state index contributed by atoms with van der Waals surface area (Å²) >= 11 is 0. The summed E-state index contributed by atoms with van der Waals surface area (Å²) in [7, 11) is 0. The number of aryl methyl sites for hydroxylation is 2. The average molecular weight is 329 g/mol. The van der Waals surface area contributed by atoms with E-state index in [1.165, 1.54) is 11.1 Å². The molecule has 0 bridgehead atoms. The van der Waals surface area contributed by atoms with E-state index in [0.717, 1.165) is 41.5 Å². The molecule has 2 nitrogen and oxygen atoms in total. The standard InChI is InChI=1S/C23H23NO/c1-4-23(19-7-5-6-16(2)14-19)24-20-11-8-17(3)22(15-20)21(12-13-25)18-9-10-18/h1,5-8,11-15,18,23-24H,9-10H2,2-3H3/b21-12-. The number of terminal acetylenes is 1. The molecule has 1 aliphatic rings. The van der Waals surface area contributed by atoms with Gasteiger partial charge in [-0.15, -0.1) is 6.42 Å². The molecule has 0 aromatic heterocycles. The molecule has 1 atom stereocenters. The lowest BCUT2D eigenvalue weighted by atomic mass is 9.95. The number of anilines is 1. The molecule has 1 fully saturated rings. The Balaban J connectivity index is 1.90. The predicted molar refractivity (Wildman–Crippen MR) is 104 cm³/mol. The largest absolute Gasteiger partial charge is 0.368 e. The minimum Gasteiger partial charge on any atom is -0.368 e. The van der Waals surface area contributed by atoms with Crippen LogP contribution >= 0.6 is 0 Å². The third-order valence-electron chi connectivity index (χ3n) is 4.67. The van der Waals surface area contributed by atoms with Crippen molar-refractivity contribution in [2.45, 2.75) is 32.7 Å². The number of carbonyl (C=O) groups excluding carboxylic acids is 1. The van der Waals surface area contributed by atoms with Crippen LogP contribution in [0.25, 0.3) is 5.57 Å². The van der Waals surface area contributed by atoms with E-state index in [4.69, 9.17) is 6.42 Å². The van der Waals surface area contributed by atoms with Crippen molar-refractivity contribution >= 4 is 17.5 Å². The van der Waals surface area contributed by atoms with Gasteiger partial charge in [-0.05, 0) is 73.1 Å². The maximum absolute atomic E-state index is 11.0. The molecule has 0 heterocycles. The Bertz CT molecular complexity index is 853. The van der Waals surface area contributed by atoms with Gasteiger partial charge in [-0.3, -0.25) is 4.79 Å². The van der Waals surface area contributed by atoms with Crippen LogP contribution in [-0.4, -0.2) is 6.29 Å². The number of aldehydes is 1. The summed E-state index contributed by atoms with van der Waals surface area (Å²) in [5.74, 6) is 3.35. The molecule has 1 saturated carbocycles. The highest BCUT2D eigenvalue weighted by Crippen LogP contribution is 2.43. The van der Waals surface area contributed by atoms with Gasteiger partial charge in [-0.25, -0.2) is 0 Å². The number of hydrogen-bond acceptors (Lipinski definition) is 2. The van der Waals surface area contributed by atoms with E-state index in [1.807, 2.05) is 18.2 Å². The molecule has 1 N–H and O–H groups in total. The zero-order valence-corrected chi connectivity index (χ0v) is 14.8. The number of nitrogens with one attached hydrogen (secondary N) is 1. The van der Waals surface area contributed by atoms with E-state index in [0.29, 0.717) is 5.92 Å². The van der Waals surface area contributed by atoms with Crippen LogP contribution in [0.15, 0.2) is 48.5 Å². The van der Waals surface area contributed by atoms with E-state index < -0.39 is 0 Å². The van der Waals surface area contributed by atoms with Crippen LogP contribution in [0.4, 0.5) is 5.69 Å². The van der Waals surface area contributed by atoms with E-state index >= 15 is 0 Å². The number of allylic oxidation sites excluding steroid dienone is 2. The van der Waals surface area contributed by atoms with Gasteiger partial charge < -0.3 is 5.32 Å². The SMILES string of the molecule is C#CC(Nc1ccc(C)c(/C(=C\C=O)C2CC2)c1)c1cccc(C)c1. The van der Waals surface area contributed by atoms with Gasteiger partial charge in [-0.2, -0.15) is 0 Å². The molecule has 0 amide bonds. The zero-order valence-electron chi connectivity index (χ0n) is 14.8. The van der Waals surface area contributed by atoms with Gasteiger partial charge in [0.15, 0.2) is 0 Å². The van der Waals surface area contributed by atoms with Gasteiger partial charge in [0.1, 0.15) is 12.3 Å². The summed E-state index contributed by atoms with van der Waals surface area (Å²) in [4.78, 5) is 11.0. The van der Waals surface area contributed by atoms with Crippen LogP contribution in [-0.2, 0) is 4.79 Å². The molecule has 3 rings (SSSR count). The smallest absolute Gasteiger partial charge is 0.143 e. The second kappa shape index (κ2) is 7.40. The van der Waals surface area contributed by atoms with Gasteiger partial charge in [0.05, 0.1) is 0 Å². The van der Waals surface area contributed by atoms with Gasteiger partial charge in [-0.1, -0.05) is 41.8 Å². The van der Waals surface area contributed by atoms with Gasteiger partial charge in [0, 0.05) is 5.69 Å². The second-order valence-electron chi connectivity index (χ2n) is 6.72. The van der Waals surface area contributed by atoms with Crippen LogP contribution in [0.2, 0.25) is 0 Å². The summed E-state index contributed by atoms with van der Waals surface area (Å²) in [6.07, 6.45) is 10.7. The lowest BCUT2D eigenvalue weighted by Gasteiger charge is -2.18. The molecule has 0 spiro atoms. The average Bonchev–Trinajstić information content (AvgIpc) is 3.44. The maximum Gasteiger partial charge on any atom is 0.143 e. The number of carbonyl (C=O) groups is 1. The third-order valence-corrected chi connectivity index (χ3v) is 4.67. The topological polar surface area (TPSA) is 29.1 Å². The van der Waals surface area contributed by atoms with Crippen molar-refractivity contribution in [1.29, 1.82) is 0 Å². The first-order valence-electron chi connectivity index (χ1n) is 8.68. The fraction of sp³-hybridized carbons (Fsp3) is 0.261. The Hall–Kier alpha value is -2.79. The molecule has 1 unspecified atom stereocenters. The normalized spacial score (nSPS) is 15.3. The third kappa shape index (κ3) is 4.00. The Labute approximate surface area is 150 Å². The maximum atomic E-state index is 11.0. The van der Waals surface area contributed by atoms with E-state index in [9.17, 15) is 4.79 Å². The number of benzene rings is 2. The van der Waals surface area contributed by atoms with Gasteiger partial charge >= 0.3 is 0 Å². The fourth-order valence-corrected chi connectivity index (χ4v) is 3.17. The minimum absolute atomic E-state index is 0.185.